The number of hydrogen-bond donors (Lipinski definition) is 1. The van der Waals surface area contributed by atoms with Crippen molar-refractivity contribution >= 4 is 28.4 Å². The third-order valence-corrected chi connectivity index (χ3v) is 4.61. The molecule has 0 spiro atoms. The van der Waals surface area contributed by atoms with Gasteiger partial charge in [-0.3, -0.25) is 4.79 Å². The smallest absolute Gasteiger partial charge is 0.266 e. The number of nitrogens with one attached hydrogen (secondary N) is 1. The van der Waals surface area contributed by atoms with Gasteiger partial charge in [-0.15, -0.1) is 0 Å². The van der Waals surface area contributed by atoms with Crippen molar-refractivity contribution in [3.63, 3.8) is 0 Å². The molecule has 1 N–H and O–H groups in total. The number of rotatable bonds is 8. The lowest BCUT2D eigenvalue weighted by atomic mass is 10.0. The normalized spacial score (nSPS) is 11.0. The molecule has 0 aromatic heterocycles. The highest BCUT2D eigenvalue weighted by Crippen LogP contribution is 2.33. The van der Waals surface area contributed by atoms with E-state index in [1.807, 2.05) is 50.2 Å². The van der Waals surface area contributed by atoms with Gasteiger partial charge in [0.25, 0.3) is 5.91 Å². The van der Waals surface area contributed by atoms with E-state index in [-0.39, 0.29) is 5.57 Å². The molecule has 31 heavy (non-hydrogen) atoms. The van der Waals surface area contributed by atoms with Crippen molar-refractivity contribution in [1.82, 2.24) is 0 Å². The molecule has 0 saturated heterocycles. The first-order valence-corrected chi connectivity index (χ1v) is 9.99. The van der Waals surface area contributed by atoms with Gasteiger partial charge in [-0.25, -0.2) is 0 Å². The second-order valence-corrected chi connectivity index (χ2v) is 6.55. The summed E-state index contributed by atoms with van der Waals surface area (Å²) < 4.78 is 16.7. The average molecular weight is 416 g/mol. The largest absolute Gasteiger partial charge is 0.495 e. The lowest BCUT2D eigenvalue weighted by Gasteiger charge is -2.13. The summed E-state index contributed by atoms with van der Waals surface area (Å²) in [5, 5.41) is 14.2. The summed E-state index contributed by atoms with van der Waals surface area (Å²) in [5.41, 5.74) is 1.08. The van der Waals surface area contributed by atoms with Crippen LogP contribution in [-0.2, 0) is 4.79 Å². The fourth-order valence-electron chi connectivity index (χ4n) is 3.22. The van der Waals surface area contributed by atoms with E-state index in [1.54, 1.807) is 30.3 Å². The Kier molecular flexibility index (Phi) is 7.13. The van der Waals surface area contributed by atoms with Crippen LogP contribution in [0.5, 0.6) is 17.2 Å². The van der Waals surface area contributed by atoms with Gasteiger partial charge in [0, 0.05) is 5.56 Å². The van der Waals surface area contributed by atoms with Crippen LogP contribution in [-0.4, -0.2) is 26.2 Å². The van der Waals surface area contributed by atoms with Crippen molar-refractivity contribution in [3.8, 4) is 23.3 Å². The fourth-order valence-corrected chi connectivity index (χ4v) is 3.22. The molecule has 0 fully saturated rings. The van der Waals surface area contributed by atoms with Crippen LogP contribution in [0, 0.1) is 11.3 Å². The number of nitrogens with zero attached hydrogens (tertiary/aromatic N) is 1. The Hall–Kier alpha value is -3.98. The van der Waals surface area contributed by atoms with Gasteiger partial charge in [0.15, 0.2) is 0 Å². The van der Waals surface area contributed by atoms with Gasteiger partial charge < -0.3 is 19.5 Å². The molecule has 0 atom stereocenters. The van der Waals surface area contributed by atoms with Crippen LogP contribution in [0.2, 0.25) is 0 Å². The maximum atomic E-state index is 12.9. The Balaban J connectivity index is 2.08. The topological polar surface area (TPSA) is 80.6 Å². The number of anilines is 1. The number of carbonyl (C=O) groups excluding carboxylic acids is 1. The molecule has 6 nitrogen and oxygen atoms in total. The van der Waals surface area contributed by atoms with Crippen LogP contribution in [0.3, 0.4) is 0 Å². The summed E-state index contributed by atoms with van der Waals surface area (Å²) in [6.07, 6.45) is 1.55. The van der Waals surface area contributed by atoms with Gasteiger partial charge in [0.05, 0.1) is 26.0 Å². The van der Waals surface area contributed by atoms with Crippen molar-refractivity contribution in [2.75, 3.05) is 25.6 Å². The first kappa shape index (κ1) is 21.7. The Bertz CT molecular complexity index is 1160. The number of hydrogen-bond acceptors (Lipinski definition) is 5. The highest BCUT2D eigenvalue weighted by molar-refractivity contribution is 6.11. The standard InChI is InChI=1S/C25H24N2O4/c1-4-30-19-12-10-17-11-13-23(31-5-2)21(20(17)15-19)14-18(16-26)25(28)27-22-8-6-7-9-24(22)29-3/h6-15H,4-5H2,1-3H3,(H,27,28). The number of methoxy groups -OCH3 is 1. The second kappa shape index (κ2) is 10.2. The molecule has 0 unspecified atom stereocenters. The lowest BCUT2D eigenvalue weighted by Crippen LogP contribution is -2.14. The Labute approximate surface area is 181 Å². The zero-order valence-corrected chi connectivity index (χ0v) is 17.8. The molecule has 0 aliphatic rings. The van der Waals surface area contributed by atoms with E-state index in [4.69, 9.17) is 14.2 Å². The number of nitriles is 1. The molecule has 0 saturated carbocycles. The third-order valence-electron chi connectivity index (χ3n) is 4.61. The number of benzene rings is 3. The van der Waals surface area contributed by atoms with E-state index in [9.17, 15) is 10.1 Å². The summed E-state index contributed by atoms with van der Waals surface area (Å²) in [7, 11) is 1.52. The van der Waals surface area contributed by atoms with Gasteiger partial charge in [-0.05, 0) is 61.0 Å². The minimum atomic E-state index is -0.535. The van der Waals surface area contributed by atoms with Crippen molar-refractivity contribution in [2.45, 2.75) is 13.8 Å². The van der Waals surface area contributed by atoms with Crippen LogP contribution in [0.25, 0.3) is 16.8 Å². The van der Waals surface area contributed by atoms with E-state index in [1.165, 1.54) is 7.11 Å². The van der Waals surface area contributed by atoms with Gasteiger partial charge in [-0.2, -0.15) is 5.26 Å². The zero-order chi connectivity index (χ0) is 22.2. The molecular weight excluding hydrogens is 392 g/mol. The molecule has 6 heteroatoms. The van der Waals surface area contributed by atoms with Crippen LogP contribution in [0.4, 0.5) is 5.69 Å². The van der Waals surface area contributed by atoms with Crippen molar-refractivity contribution < 1.29 is 19.0 Å². The van der Waals surface area contributed by atoms with Gasteiger partial charge in [0.2, 0.25) is 0 Å². The first-order chi connectivity index (χ1) is 15.1. The summed E-state index contributed by atoms with van der Waals surface area (Å²) >= 11 is 0. The third kappa shape index (κ3) is 4.96. The van der Waals surface area contributed by atoms with E-state index >= 15 is 0 Å². The Morgan fingerprint density at radius 3 is 2.48 bits per heavy atom. The minimum Gasteiger partial charge on any atom is -0.495 e. The predicted octanol–water partition coefficient (Wildman–Crippen LogP) is 5.19. The van der Waals surface area contributed by atoms with Crippen LogP contribution < -0.4 is 19.5 Å². The van der Waals surface area contributed by atoms with Crippen LogP contribution >= 0.6 is 0 Å². The maximum Gasteiger partial charge on any atom is 0.266 e. The minimum absolute atomic E-state index is 0.0545. The SMILES string of the molecule is CCOc1ccc2ccc(OCC)c(C=C(C#N)C(=O)Nc3ccccc3OC)c2c1. The highest BCUT2D eigenvalue weighted by atomic mass is 16.5. The number of fused-ring (bicyclic) bond motifs is 1. The van der Waals surface area contributed by atoms with Crippen molar-refractivity contribution in [3.05, 3.63) is 65.7 Å². The molecule has 1 amide bonds. The molecule has 3 aromatic carbocycles. The van der Waals surface area contributed by atoms with Crippen LogP contribution in [0.1, 0.15) is 19.4 Å². The van der Waals surface area contributed by atoms with E-state index in [0.717, 1.165) is 10.8 Å². The van der Waals surface area contributed by atoms with Gasteiger partial charge in [-0.1, -0.05) is 24.3 Å². The van der Waals surface area contributed by atoms with Gasteiger partial charge in [0.1, 0.15) is 28.9 Å². The summed E-state index contributed by atoms with van der Waals surface area (Å²) in [6.45, 7) is 4.78. The number of amides is 1. The Morgan fingerprint density at radius 2 is 1.77 bits per heavy atom. The van der Waals surface area contributed by atoms with E-state index in [0.29, 0.717) is 41.7 Å². The molecule has 158 valence electrons. The molecule has 0 aliphatic carbocycles. The summed E-state index contributed by atoms with van der Waals surface area (Å²) in [5.74, 6) is 1.26. The van der Waals surface area contributed by atoms with E-state index < -0.39 is 5.91 Å². The van der Waals surface area contributed by atoms with Crippen molar-refractivity contribution in [2.24, 2.45) is 0 Å². The Morgan fingerprint density at radius 1 is 1.03 bits per heavy atom. The fraction of sp³-hybridized carbons (Fsp3) is 0.200. The monoisotopic (exact) mass is 416 g/mol. The quantitative estimate of drug-likeness (QED) is 0.404. The lowest BCUT2D eigenvalue weighted by molar-refractivity contribution is -0.112. The molecule has 0 bridgehead atoms. The number of ether oxygens (including phenoxy) is 3. The molecule has 0 heterocycles. The van der Waals surface area contributed by atoms with Crippen molar-refractivity contribution in [1.29, 1.82) is 5.26 Å². The molecule has 0 aliphatic heterocycles. The summed E-state index contributed by atoms with van der Waals surface area (Å²) in [4.78, 5) is 12.9. The molecule has 0 radical (unpaired) electrons. The maximum absolute atomic E-state index is 12.9. The van der Waals surface area contributed by atoms with E-state index in [2.05, 4.69) is 5.32 Å². The average Bonchev–Trinajstić information content (AvgIpc) is 2.79. The van der Waals surface area contributed by atoms with Crippen LogP contribution in [0.15, 0.2) is 60.2 Å². The second-order valence-electron chi connectivity index (χ2n) is 6.55. The first-order valence-electron chi connectivity index (χ1n) is 9.99. The van der Waals surface area contributed by atoms with Gasteiger partial charge >= 0.3 is 0 Å². The number of para-hydroxylation sites is 2. The zero-order valence-electron chi connectivity index (χ0n) is 17.8. The highest BCUT2D eigenvalue weighted by Gasteiger charge is 2.15. The number of carbonyl (C=O) groups is 1. The predicted molar refractivity (Wildman–Crippen MR) is 121 cm³/mol. The summed E-state index contributed by atoms with van der Waals surface area (Å²) in [6, 6.07) is 18.5. The molecular formula is C25H24N2O4. The molecule has 3 rings (SSSR count). The molecule has 3 aromatic rings.